The third-order valence-corrected chi connectivity index (χ3v) is 4.04. The van der Waals surface area contributed by atoms with Crippen LogP contribution in [-0.4, -0.2) is 28.7 Å². The molecule has 3 rings (SSSR count). The second-order valence-corrected chi connectivity index (χ2v) is 5.28. The van der Waals surface area contributed by atoms with Crippen molar-refractivity contribution in [2.24, 2.45) is 0 Å². The second kappa shape index (κ2) is 5.26. The molecule has 0 saturated carbocycles. The number of aromatic amines is 1. The summed E-state index contributed by atoms with van der Waals surface area (Å²) in [5.74, 6) is -0.471. The number of hydrogen-bond donors (Lipinski definition) is 4. The Labute approximate surface area is 117 Å². The number of aryl methyl sites for hydroxylation is 1. The number of rotatable bonds is 3. The van der Waals surface area contributed by atoms with Crippen molar-refractivity contribution in [3.05, 3.63) is 35.0 Å². The van der Waals surface area contributed by atoms with Gasteiger partial charge in [0.2, 0.25) is 0 Å². The molecule has 106 valence electrons. The lowest BCUT2D eigenvalue weighted by Gasteiger charge is -2.23. The van der Waals surface area contributed by atoms with Gasteiger partial charge < -0.3 is 10.3 Å². The number of likely N-dealkylation sites (N-methyl/N-ethyl adjacent to an activating group) is 1. The lowest BCUT2D eigenvalue weighted by Crippen LogP contribution is -2.34. The average Bonchev–Trinajstić information content (AvgIpc) is 2.84. The van der Waals surface area contributed by atoms with Crippen molar-refractivity contribution >= 4 is 16.8 Å². The van der Waals surface area contributed by atoms with Gasteiger partial charge in [0.25, 0.3) is 5.91 Å². The topological polar surface area (TPSA) is 77.2 Å². The third-order valence-electron chi connectivity index (χ3n) is 4.04. The van der Waals surface area contributed by atoms with E-state index in [1.54, 1.807) is 11.5 Å². The van der Waals surface area contributed by atoms with Gasteiger partial charge in [-0.15, -0.1) is 0 Å². The van der Waals surface area contributed by atoms with Crippen LogP contribution in [0.2, 0.25) is 0 Å². The van der Waals surface area contributed by atoms with Crippen LogP contribution in [0.3, 0.4) is 0 Å². The van der Waals surface area contributed by atoms with Gasteiger partial charge in [-0.2, -0.15) is 0 Å². The maximum Gasteiger partial charge on any atom is 0.274 e. The van der Waals surface area contributed by atoms with Crippen molar-refractivity contribution in [1.29, 1.82) is 0 Å². The van der Waals surface area contributed by atoms with E-state index in [0.717, 1.165) is 36.7 Å². The number of fused-ring (bicyclic) bond motifs is 3. The number of amides is 1. The largest absolute Gasteiger partial charge is 0.358 e. The summed E-state index contributed by atoms with van der Waals surface area (Å²) in [5.41, 5.74) is 5.79. The van der Waals surface area contributed by atoms with Crippen LogP contribution < -0.4 is 10.8 Å². The highest BCUT2D eigenvalue weighted by Gasteiger charge is 2.22. The van der Waals surface area contributed by atoms with Crippen LogP contribution in [0.5, 0.6) is 0 Å². The number of H-pyrrole nitrogens is 1. The lowest BCUT2D eigenvalue weighted by atomic mass is 9.91. The zero-order valence-electron chi connectivity index (χ0n) is 11.5. The third kappa shape index (κ3) is 2.19. The summed E-state index contributed by atoms with van der Waals surface area (Å²) in [5, 5.41) is 13.3. The van der Waals surface area contributed by atoms with Crippen LogP contribution in [0.4, 0.5) is 0 Å². The monoisotopic (exact) mass is 273 g/mol. The number of aromatic nitrogens is 1. The summed E-state index contributed by atoms with van der Waals surface area (Å²) in [4.78, 5) is 15.0. The summed E-state index contributed by atoms with van der Waals surface area (Å²) >= 11 is 0. The van der Waals surface area contributed by atoms with Crippen LogP contribution >= 0.6 is 0 Å². The number of carbonyl (C=O) groups excluding carboxylic acids is 1. The van der Waals surface area contributed by atoms with Crippen LogP contribution in [0.1, 0.15) is 35.0 Å². The van der Waals surface area contributed by atoms with Crippen molar-refractivity contribution in [3.63, 3.8) is 0 Å². The number of carbonyl (C=O) groups is 1. The fourth-order valence-electron chi connectivity index (χ4n) is 3.09. The molecule has 0 bridgehead atoms. The molecule has 0 radical (unpaired) electrons. The molecule has 1 aliphatic carbocycles. The fourth-order valence-corrected chi connectivity index (χ4v) is 3.09. The Morgan fingerprint density at radius 3 is 3.10 bits per heavy atom. The van der Waals surface area contributed by atoms with E-state index in [2.05, 4.69) is 17.2 Å². The van der Waals surface area contributed by atoms with Gasteiger partial charge in [0.05, 0.1) is 0 Å². The van der Waals surface area contributed by atoms with Crippen LogP contribution in [0.25, 0.3) is 10.9 Å². The van der Waals surface area contributed by atoms with E-state index in [-0.39, 0.29) is 0 Å². The lowest BCUT2D eigenvalue weighted by molar-refractivity contribution is 0.0706. The fraction of sp³-hybridized carbons (Fsp3) is 0.400. The number of hydrogen-bond acceptors (Lipinski definition) is 3. The highest BCUT2D eigenvalue weighted by Crippen LogP contribution is 2.29. The molecule has 0 unspecified atom stereocenters. The molecule has 0 fully saturated rings. The van der Waals surface area contributed by atoms with E-state index >= 15 is 0 Å². The molecule has 1 heterocycles. The zero-order chi connectivity index (χ0) is 14.1. The molecule has 5 nitrogen and oxygen atoms in total. The number of hydroxylamine groups is 1. The van der Waals surface area contributed by atoms with Gasteiger partial charge in [0.1, 0.15) is 0 Å². The van der Waals surface area contributed by atoms with Crippen LogP contribution in [0.15, 0.2) is 18.2 Å². The Balaban J connectivity index is 2.02. The molecule has 5 heteroatoms. The normalized spacial score (nSPS) is 18.0. The predicted octanol–water partition coefficient (Wildman–Crippen LogP) is 1.75. The molecule has 1 aromatic carbocycles. The van der Waals surface area contributed by atoms with Gasteiger partial charge in [-0.1, -0.05) is 6.92 Å². The Kier molecular flexibility index (Phi) is 3.46. The molecule has 4 N–H and O–H groups in total. The zero-order valence-corrected chi connectivity index (χ0v) is 11.5. The molecule has 0 aliphatic heterocycles. The van der Waals surface area contributed by atoms with Crippen molar-refractivity contribution in [1.82, 2.24) is 15.8 Å². The van der Waals surface area contributed by atoms with Crippen molar-refractivity contribution in [3.8, 4) is 0 Å². The second-order valence-electron chi connectivity index (χ2n) is 5.28. The summed E-state index contributed by atoms with van der Waals surface area (Å²) < 4.78 is 0. The van der Waals surface area contributed by atoms with Crippen molar-refractivity contribution in [2.45, 2.75) is 32.2 Å². The molecule has 1 aromatic heterocycles. The first kappa shape index (κ1) is 13.1. The van der Waals surface area contributed by atoms with E-state index in [1.807, 2.05) is 12.1 Å². The number of benzene rings is 1. The van der Waals surface area contributed by atoms with E-state index in [0.29, 0.717) is 11.6 Å². The predicted molar refractivity (Wildman–Crippen MR) is 77.0 cm³/mol. The summed E-state index contributed by atoms with van der Waals surface area (Å²) in [6.07, 6.45) is 3.15. The minimum absolute atomic E-state index is 0.471. The molecule has 2 aromatic rings. The smallest absolute Gasteiger partial charge is 0.274 e. The van der Waals surface area contributed by atoms with E-state index in [9.17, 15) is 4.79 Å². The highest BCUT2D eigenvalue weighted by molar-refractivity contribution is 5.98. The van der Waals surface area contributed by atoms with E-state index in [1.165, 1.54) is 11.3 Å². The molecule has 20 heavy (non-hydrogen) atoms. The molecule has 1 atom stereocenters. The summed E-state index contributed by atoms with van der Waals surface area (Å²) in [6.45, 7) is 3.09. The van der Waals surface area contributed by atoms with Gasteiger partial charge >= 0.3 is 0 Å². The molecular weight excluding hydrogens is 254 g/mol. The first-order valence-electron chi connectivity index (χ1n) is 7.04. The SMILES string of the molecule is CCN[C@H]1CCc2[nH]c3ccc(C(=O)NO)cc3c2C1. The molecule has 1 aliphatic rings. The van der Waals surface area contributed by atoms with Crippen molar-refractivity contribution in [2.75, 3.05) is 6.54 Å². The first-order valence-corrected chi connectivity index (χ1v) is 7.04. The molecule has 0 spiro atoms. The summed E-state index contributed by atoms with van der Waals surface area (Å²) in [7, 11) is 0. The maximum atomic E-state index is 11.5. The molecule has 0 saturated heterocycles. The first-order chi connectivity index (χ1) is 9.72. The Hall–Kier alpha value is -1.85. The Morgan fingerprint density at radius 2 is 2.35 bits per heavy atom. The average molecular weight is 273 g/mol. The van der Waals surface area contributed by atoms with Gasteiger partial charge in [0.15, 0.2) is 0 Å². The quantitative estimate of drug-likeness (QED) is 0.508. The van der Waals surface area contributed by atoms with Gasteiger partial charge in [0, 0.05) is 28.2 Å². The van der Waals surface area contributed by atoms with Crippen molar-refractivity contribution < 1.29 is 10.0 Å². The van der Waals surface area contributed by atoms with Gasteiger partial charge in [-0.05, 0) is 49.6 Å². The minimum atomic E-state index is -0.471. The Bertz CT molecular complexity index is 648. The van der Waals surface area contributed by atoms with Crippen LogP contribution in [0, 0.1) is 0 Å². The maximum absolute atomic E-state index is 11.5. The molecule has 1 amide bonds. The van der Waals surface area contributed by atoms with Gasteiger partial charge in [-0.25, -0.2) is 5.48 Å². The standard InChI is InChI=1S/C15H19N3O2/c1-2-16-10-4-6-14-12(8-10)11-7-9(15(19)18-20)3-5-13(11)17-14/h3,5,7,10,16-17,20H,2,4,6,8H2,1H3,(H,18,19)/t10-/m0/s1. The van der Waals surface area contributed by atoms with Gasteiger partial charge in [-0.3, -0.25) is 10.0 Å². The molecular formula is C15H19N3O2. The minimum Gasteiger partial charge on any atom is -0.358 e. The Morgan fingerprint density at radius 1 is 1.50 bits per heavy atom. The highest BCUT2D eigenvalue weighted by atomic mass is 16.5. The van der Waals surface area contributed by atoms with E-state index < -0.39 is 5.91 Å². The number of nitrogens with one attached hydrogen (secondary N) is 3. The summed E-state index contributed by atoms with van der Waals surface area (Å²) in [6, 6.07) is 5.98. The van der Waals surface area contributed by atoms with Crippen LogP contribution in [-0.2, 0) is 12.8 Å². The van der Waals surface area contributed by atoms with E-state index in [4.69, 9.17) is 5.21 Å².